The van der Waals surface area contributed by atoms with Crippen molar-refractivity contribution >= 4 is 0 Å². The average Bonchev–Trinajstić information content (AvgIpc) is 3.50. The molecule has 0 amide bonds. The number of hydrogen-bond acceptors (Lipinski definition) is 0. The molecule has 0 bridgehead atoms. The molecule has 2 aliphatic carbocycles. The second-order valence-corrected chi connectivity index (χ2v) is 17.5. The van der Waals surface area contributed by atoms with E-state index in [0.29, 0.717) is 0 Å². The predicted molar refractivity (Wildman–Crippen MR) is 232 cm³/mol. The van der Waals surface area contributed by atoms with Gasteiger partial charge in [0.2, 0.25) is 0 Å². The molecule has 0 unspecified atom stereocenters. The lowest BCUT2D eigenvalue weighted by atomic mass is 9.81. The largest absolute Gasteiger partial charge is 0.0587 e. The van der Waals surface area contributed by atoms with Crippen molar-refractivity contribution in [1.29, 1.82) is 0 Å². The standard InChI is InChI=1S/C54H50/c1-31-11-21-41-47(25-31)53(7,8)49-27-33(3)23-45(51(41)49)39-17-13-37(14-18-39)43-29-36(6)44(30-35(43)5)38-15-19-40(20-16-38)46-24-34(4)28-50-52(46)42-22-12-32(2)26-48(42)54(50,9)10/h11-30H,1-10H3. The van der Waals surface area contributed by atoms with Gasteiger partial charge in [0.05, 0.1) is 0 Å². The molecule has 0 atom stereocenters. The van der Waals surface area contributed by atoms with Crippen LogP contribution in [0.5, 0.6) is 0 Å². The van der Waals surface area contributed by atoms with Gasteiger partial charge in [0.15, 0.2) is 0 Å². The molecular formula is C54H50. The van der Waals surface area contributed by atoms with E-state index in [1.807, 2.05) is 0 Å². The molecular weight excluding hydrogens is 649 g/mol. The highest BCUT2D eigenvalue weighted by Crippen LogP contribution is 2.54. The van der Waals surface area contributed by atoms with Crippen LogP contribution in [-0.2, 0) is 10.8 Å². The van der Waals surface area contributed by atoms with E-state index >= 15 is 0 Å². The quantitative estimate of drug-likeness (QED) is 0.172. The van der Waals surface area contributed by atoms with Gasteiger partial charge >= 0.3 is 0 Å². The minimum atomic E-state index is -0.0165. The number of rotatable bonds is 4. The van der Waals surface area contributed by atoms with Crippen molar-refractivity contribution in [2.24, 2.45) is 0 Å². The molecule has 0 fully saturated rings. The van der Waals surface area contributed by atoms with Crippen molar-refractivity contribution in [3.63, 3.8) is 0 Å². The lowest BCUT2D eigenvalue weighted by Gasteiger charge is -2.22. The Labute approximate surface area is 322 Å². The highest BCUT2D eigenvalue weighted by molar-refractivity contribution is 5.95. The molecule has 0 spiro atoms. The van der Waals surface area contributed by atoms with Gasteiger partial charge in [0, 0.05) is 10.8 Å². The van der Waals surface area contributed by atoms with Gasteiger partial charge in [-0.25, -0.2) is 0 Å². The molecule has 0 heterocycles. The number of hydrogen-bond donors (Lipinski definition) is 0. The molecule has 0 aliphatic heterocycles. The second-order valence-electron chi connectivity index (χ2n) is 17.5. The molecule has 2 aliphatic rings. The minimum absolute atomic E-state index is 0.0165. The summed E-state index contributed by atoms with van der Waals surface area (Å²) < 4.78 is 0. The van der Waals surface area contributed by atoms with Crippen molar-refractivity contribution in [2.75, 3.05) is 0 Å². The van der Waals surface area contributed by atoms with Crippen LogP contribution in [0.2, 0.25) is 0 Å². The lowest BCUT2D eigenvalue weighted by Crippen LogP contribution is -2.15. The summed E-state index contributed by atoms with van der Waals surface area (Å²) >= 11 is 0. The Kier molecular flexibility index (Phi) is 7.64. The molecule has 0 N–H and O–H groups in total. The second kappa shape index (κ2) is 12.0. The Hall–Kier alpha value is -5.46. The fraction of sp³-hybridized carbons (Fsp3) is 0.222. The van der Waals surface area contributed by atoms with Crippen molar-refractivity contribution in [3.05, 3.63) is 177 Å². The maximum absolute atomic E-state index is 2.40. The monoisotopic (exact) mass is 698 g/mol. The molecule has 0 radical (unpaired) electrons. The molecule has 54 heavy (non-hydrogen) atoms. The van der Waals surface area contributed by atoms with Crippen LogP contribution < -0.4 is 0 Å². The highest BCUT2D eigenvalue weighted by Gasteiger charge is 2.38. The molecule has 7 aromatic carbocycles. The van der Waals surface area contributed by atoms with E-state index in [0.717, 1.165) is 0 Å². The summed E-state index contributed by atoms with van der Waals surface area (Å²) in [6, 6.07) is 46.9. The molecule has 9 rings (SSSR count). The van der Waals surface area contributed by atoms with Gasteiger partial charge in [0.25, 0.3) is 0 Å². The maximum atomic E-state index is 2.40. The number of aryl methyl sites for hydroxylation is 6. The zero-order valence-corrected chi connectivity index (χ0v) is 33.5. The smallest absolute Gasteiger partial charge is 0.0159 e. The molecule has 7 aromatic rings. The molecule has 0 aromatic heterocycles. The van der Waals surface area contributed by atoms with E-state index in [-0.39, 0.29) is 10.8 Å². The van der Waals surface area contributed by atoms with Crippen molar-refractivity contribution in [2.45, 2.75) is 80.1 Å². The summed E-state index contributed by atoms with van der Waals surface area (Å²) in [5, 5.41) is 0. The Bertz CT molecular complexity index is 2490. The normalized spacial score (nSPS) is 14.4. The fourth-order valence-corrected chi connectivity index (χ4v) is 9.77. The first-order valence-electron chi connectivity index (χ1n) is 19.6. The first-order chi connectivity index (χ1) is 25.7. The van der Waals surface area contributed by atoms with Crippen LogP contribution in [0.4, 0.5) is 0 Å². The van der Waals surface area contributed by atoms with Crippen LogP contribution in [0, 0.1) is 41.5 Å². The summed E-state index contributed by atoms with van der Waals surface area (Å²) in [7, 11) is 0. The van der Waals surface area contributed by atoms with Gasteiger partial charge < -0.3 is 0 Å². The van der Waals surface area contributed by atoms with Crippen molar-refractivity contribution in [3.8, 4) is 66.8 Å². The molecule has 0 saturated carbocycles. The molecule has 266 valence electrons. The first-order valence-corrected chi connectivity index (χ1v) is 19.6. The van der Waals surface area contributed by atoms with E-state index in [1.165, 1.54) is 122 Å². The average molecular weight is 699 g/mol. The van der Waals surface area contributed by atoms with Gasteiger partial charge in [-0.2, -0.15) is 0 Å². The predicted octanol–water partition coefficient (Wildman–Crippen LogP) is 14.8. The SMILES string of the molecule is Cc1ccc2c(c1)C(C)(C)c1cc(C)cc(-c3ccc(-c4cc(C)c(-c5ccc(-c6cc(C)cc7c6-c6ccc(C)cc6C7(C)C)cc5)cc4C)cc3)c1-2. The number of fused-ring (bicyclic) bond motifs is 6. The van der Waals surface area contributed by atoms with Crippen LogP contribution >= 0.6 is 0 Å². The third-order valence-electron chi connectivity index (χ3n) is 12.7. The van der Waals surface area contributed by atoms with Gasteiger partial charge in [-0.15, -0.1) is 0 Å². The Morgan fingerprint density at radius 1 is 0.278 bits per heavy atom. The summed E-state index contributed by atoms with van der Waals surface area (Å²) in [4.78, 5) is 0. The Morgan fingerprint density at radius 3 is 0.944 bits per heavy atom. The van der Waals surface area contributed by atoms with Crippen molar-refractivity contribution < 1.29 is 0 Å². The third kappa shape index (κ3) is 5.18. The van der Waals surface area contributed by atoms with Crippen LogP contribution in [0.25, 0.3) is 66.8 Å². The van der Waals surface area contributed by atoms with Crippen LogP contribution in [0.3, 0.4) is 0 Å². The summed E-state index contributed by atoms with van der Waals surface area (Å²) in [5.41, 5.74) is 29.4. The van der Waals surface area contributed by atoms with Gasteiger partial charge in [-0.05, 0) is 142 Å². The fourth-order valence-electron chi connectivity index (χ4n) is 9.77. The summed E-state index contributed by atoms with van der Waals surface area (Å²) in [6.07, 6.45) is 0. The zero-order valence-electron chi connectivity index (χ0n) is 33.5. The van der Waals surface area contributed by atoms with E-state index in [2.05, 4.69) is 191 Å². The number of benzene rings is 7. The van der Waals surface area contributed by atoms with Crippen LogP contribution in [-0.4, -0.2) is 0 Å². The first kappa shape index (κ1) is 34.3. The highest BCUT2D eigenvalue weighted by atomic mass is 14.4. The third-order valence-corrected chi connectivity index (χ3v) is 12.7. The van der Waals surface area contributed by atoms with Gasteiger partial charge in [0.1, 0.15) is 0 Å². The van der Waals surface area contributed by atoms with E-state index in [4.69, 9.17) is 0 Å². The molecule has 0 heteroatoms. The van der Waals surface area contributed by atoms with Gasteiger partial charge in [-0.3, -0.25) is 0 Å². The van der Waals surface area contributed by atoms with Gasteiger partial charge in [-0.1, -0.05) is 171 Å². The summed E-state index contributed by atoms with van der Waals surface area (Å²) in [6.45, 7) is 22.9. The topological polar surface area (TPSA) is 0 Å². The van der Waals surface area contributed by atoms with Crippen molar-refractivity contribution in [1.82, 2.24) is 0 Å². The Balaban J connectivity index is 1.04. The Morgan fingerprint density at radius 2 is 0.593 bits per heavy atom. The molecule has 0 saturated heterocycles. The maximum Gasteiger partial charge on any atom is 0.0159 e. The minimum Gasteiger partial charge on any atom is -0.0587 e. The molecule has 0 nitrogen and oxygen atoms in total. The van der Waals surface area contributed by atoms with E-state index in [9.17, 15) is 0 Å². The lowest BCUT2D eigenvalue weighted by molar-refractivity contribution is 0.659. The van der Waals surface area contributed by atoms with E-state index in [1.54, 1.807) is 0 Å². The van der Waals surface area contributed by atoms with Crippen LogP contribution in [0.1, 0.15) is 83.3 Å². The van der Waals surface area contributed by atoms with E-state index < -0.39 is 0 Å². The van der Waals surface area contributed by atoms with Crippen LogP contribution in [0.15, 0.2) is 121 Å². The summed E-state index contributed by atoms with van der Waals surface area (Å²) in [5.74, 6) is 0. The zero-order chi connectivity index (χ0) is 37.8.